The summed E-state index contributed by atoms with van der Waals surface area (Å²) in [6, 6.07) is 10.4. The van der Waals surface area contributed by atoms with Crippen molar-refractivity contribution in [3.63, 3.8) is 0 Å². The molecule has 2 heterocycles. The first kappa shape index (κ1) is 12.2. The number of hydrogen-bond donors (Lipinski definition) is 0. The average molecular weight is 246 g/mol. The van der Waals surface area contributed by atoms with Gasteiger partial charge in [-0.05, 0) is 39.2 Å². The summed E-state index contributed by atoms with van der Waals surface area (Å²) in [6.07, 6.45) is 3.27. The Morgan fingerprint density at radius 1 is 1.11 bits per heavy atom. The molecule has 3 atom stereocenters. The Hall–Kier alpha value is -0.860. The average Bonchev–Trinajstić information content (AvgIpc) is 2.75. The minimum Gasteiger partial charge on any atom is -0.368 e. The third-order valence-electron chi connectivity index (χ3n) is 4.83. The van der Waals surface area contributed by atoms with Crippen molar-refractivity contribution in [3.8, 4) is 0 Å². The van der Waals surface area contributed by atoms with E-state index < -0.39 is 0 Å². The molecule has 0 spiro atoms. The molecule has 2 fully saturated rings. The molecule has 2 nitrogen and oxygen atoms in total. The molecule has 2 aliphatic heterocycles. The lowest BCUT2D eigenvalue weighted by atomic mass is 9.73. The van der Waals surface area contributed by atoms with Crippen LogP contribution < -0.4 is 0 Å². The monoisotopic (exact) mass is 246 g/mol. The van der Waals surface area contributed by atoms with Crippen molar-refractivity contribution >= 4 is 0 Å². The van der Waals surface area contributed by atoms with Crippen molar-refractivity contribution in [1.29, 1.82) is 0 Å². The van der Waals surface area contributed by atoms with Gasteiger partial charge in [0.05, 0.1) is 23.4 Å². The molecule has 0 radical (unpaired) electrons. The molecule has 0 amide bonds. The van der Waals surface area contributed by atoms with Crippen molar-refractivity contribution < 1.29 is 9.47 Å². The highest BCUT2D eigenvalue weighted by Gasteiger charge is 2.64. The Morgan fingerprint density at radius 3 is 2.39 bits per heavy atom. The quantitative estimate of drug-likeness (QED) is 0.809. The number of fused-ring (bicyclic) bond motifs is 2. The van der Waals surface area contributed by atoms with Crippen molar-refractivity contribution in [2.45, 2.75) is 63.4 Å². The van der Waals surface area contributed by atoms with Gasteiger partial charge in [0.25, 0.3) is 0 Å². The van der Waals surface area contributed by atoms with E-state index in [4.69, 9.17) is 9.47 Å². The second-order valence-corrected chi connectivity index (χ2v) is 6.46. The third kappa shape index (κ3) is 1.79. The van der Waals surface area contributed by atoms with E-state index in [1.54, 1.807) is 0 Å². The van der Waals surface area contributed by atoms with E-state index in [0.29, 0.717) is 6.61 Å². The number of rotatable bonds is 3. The van der Waals surface area contributed by atoms with Crippen molar-refractivity contribution in [3.05, 3.63) is 35.9 Å². The van der Waals surface area contributed by atoms with Crippen LogP contribution >= 0.6 is 0 Å². The smallest absolute Gasteiger partial charge is 0.0972 e. The van der Waals surface area contributed by atoms with E-state index in [9.17, 15) is 0 Å². The van der Waals surface area contributed by atoms with Crippen LogP contribution in [0.1, 0.15) is 45.6 Å². The van der Waals surface area contributed by atoms with Crippen LogP contribution in [0.4, 0.5) is 0 Å². The fourth-order valence-corrected chi connectivity index (χ4v) is 3.57. The molecule has 98 valence electrons. The van der Waals surface area contributed by atoms with E-state index >= 15 is 0 Å². The molecule has 2 saturated heterocycles. The minimum atomic E-state index is -0.157. The molecule has 2 heteroatoms. The van der Waals surface area contributed by atoms with E-state index in [0.717, 1.165) is 19.3 Å². The first-order valence-corrected chi connectivity index (χ1v) is 6.83. The highest BCUT2D eigenvalue weighted by molar-refractivity contribution is 5.16. The SMILES string of the molecule is C[C@@]12CC[C@@](C)(O1)[C@@](C)(OCc1ccccc1)C2. The minimum absolute atomic E-state index is 0.0280. The fraction of sp³-hybridized carbons (Fsp3) is 0.625. The van der Waals surface area contributed by atoms with Crippen LogP contribution in [0.15, 0.2) is 30.3 Å². The Kier molecular flexibility index (Phi) is 2.58. The predicted octanol–water partition coefficient (Wildman–Crippen LogP) is 3.69. The number of hydrogen-bond acceptors (Lipinski definition) is 2. The van der Waals surface area contributed by atoms with Crippen molar-refractivity contribution in [2.24, 2.45) is 0 Å². The van der Waals surface area contributed by atoms with Crippen molar-refractivity contribution in [2.75, 3.05) is 0 Å². The van der Waals surface area contributed by atoms with Gasteiger partial charge in [-0.1, -0.05) is 30.3 Å². The molecule has 1 aromatic rings. The summed E-state index contributed by atoms with van der Waals surface area (Å²) in [5, 5.41) is 0. The number of benzene rings is 1. The van der Waals surface area contributed by atoms with Gasteiger partial charge in [-0.3, -0.25) is 0 Å². The van der Waals surface area contributed by atoms with Crippen LogP contribution in [0.25, 0.3) is 0 Å². The zero-order valence-electron chi connectivity index (χ0n) is 11.5. The highest BCUT2D eigenvalue weighted by Crippen LogP contribution is 2.57. The van der Waals surface area contributed by atoms with Gasteiger partial charge < -0.3 is 9.47 Å². The van der Waals surface area contributed by atoms with Gasteiger partial charge in [0.2, 0.25) is 0 Å². The Balaban J connectivity index is 1.73. The molecule has 3 rings (SSSR count). The Labute approximate surface area is 109 Å². The third-order valence-corrected chi connectivity index (χ3v) is 4.83. The van der Waals surface area contributed by atoms with Gasteiger partial charge in [-0.25, -0.2) is 0 Å². The van der Waals surface area contributed by atoms with Crippen LogP contribution in [-0.2, 0) is 16.1 Å². The molecule has 2 aliphatic rings. The van der Waals surface area contributed by atoms with E-state index in [1.165, 1.54) is 5.56 Å². The predicted molar refractivity (Wildman–Crippen MR) is 71.4 cm³/mol. The summed E-state index contributed by atoms with van der Waals surface area (Å²) >= 11 is 0. The topological polar surface area (TPSA) is 18.5 Å². The first-order chi connectivity index (χ1) is 8.45. The first-order valence-electron chi connectivity index (χ1n) is 6.83. The molecular formula is C16H22O2. The summed E-state index contributed by atoms with van der Waals surface area (Å²) in [7, 11) is 0. The normalized spacial score (nSPS) is 42.4. The largest absolute Gasteiger partial charge is 0.368 e. The maximum Gasteiger partial charge on any atom is 0.0972 e. The molecular weight excluding hydrogens is 224 g/mol. The lowest BCUT2D eigenvalue weighted by Crippen LogP contribution is -2.48. The Bertz CT molecular complexity index is 444. The van der Waals surface area contributed by atoms with Crippen molar-refractivity contribution in [1.82, 2.24) is 0 Å². The lowest BCUT2D eigenvalue weighted by Gasteiger charge is -2.39. The molecule has 2 bridgehead atoms. The summed E-state index contributed by atoms with van der Waals surface area (Å²) in [5.74, 6) is 0. The van der Waals surface area contributed by atoms with Crippen LogP contribution in [0.5, 0.6) is 0 Å². The van der Waals surface area contributed by atoms with Gasteiger partial charge in [0.1, 0.15) is 0 Å². The summed E-state index contributed by atoms with van der Waals surface area (Å²) in [6.45, 7) is 7.30. The lowest BCUT2D eigenvalue weighted by molar-refractivity contribution is -0.138. The maximum absolute atomic E-state index is 6.25. The van der Waals surface area contributed by atoms with Gasteiger partial charge >= 0.3 is 0 Å². The second kappa shape index (κ2) is 3.82. The summed E-state index contributed by atoms with van der Waals surface area (Å²) in [5.41, 5.74) is 0.988. The van der Waals surface area contributed by atoms with Crippen LogP contribution in [0, 0.1) is 0 Å². The van der Waals surface area contributed by atoms with E-state index in [1.807, 2.05) is 6.07 Å². The van der Waals surface area contributed by atoms with Gasteiger partial charge in [0, 0.05) is 6.42 Å². The second-order valence-electron chi connectivity index (χ2n) is 6.46. The van der Waals surface area contributed by atoms with Crippen LogP contribution in [0.2, 0.25) is 0 Å². The highest BCUT2D eigenvalue weighted by atomic mass is 16.6. The van der Waals surface area contributed by atoms with E-state index in [-0.39, 0.29) is 16.8 Å². The molecule has 0 unspecified atom stereocenters. The standard InChI is InChI=1S/C16H22O2/c1-14-9-10-15(2,18-14)16(3,12-14)17-11-13-7-5-4-6-8-13/h4-8H,9-12H2,1-3H3/t14-,15+,16-/m0/s1. The van der Waals surface area contributed by atoms with Gasteiger partial charge in [-0.15, -0.1) is 0 Å². The van der Waals surface area contributed by atoms with Gasteiger partial charge in [0.15, 0.2) is 0 Å². The zero-order valence-corrected chi connectivity index (χ0v) is 11.5. The van der Waals surface area contributed by atoms with Crippen LogP contribution in [0.3, 0.4) is 0 Å². The molecule has 0 N–H and O–H groups in total. The maximum atomic E-state index is 6.25. The fourth-order valence-electron chi connectivity index (χ4n) is 3.57. The molecule has 1 aromatic carbocycles. The molecule has 18 heavy (non-hydrogen) atoms. The van der Waals surface area contributed by atoms with E-state index in [2.05, 4.69) is 45.0 Å². The summed E-state index contributed by atoms with van der Waals surface area (Å²) in [4.78, 5) is 0. The molecule has 0 aromatic heterocycles. The molecule has 0 saturated carbocycles. The number of ether oxygens (including phenoxy) is 2. The van der Waals surface area contributed by atoms with Gasteiger partial charge in [-0.2, -0.15) is 0 Å². The molecule has 0 aliphatic carbocycles. The summed E-state index contributed by atoms with van der Waals surface area (Å²) < 4.78 is 12.5. The van der Waals surface area contributed by atoms with Crippen LogP contribution in [-0.4, -0.2) is 16.8 Å². The zero-order chi connectivity index (χ0) is 12.9. The Morgan fingerprint density at radius 2 is 1.83 bits per heavy atom.